The van der Waals surface area contributed by atoms with Crippen LogP contribution in [0.3, 0.4) is 0 Å². The first-order chi connectivity index (χ1) is 8.72. The Bertz CT molecular complexity index is 537. The third-order valence-corrected chi connectivity index (χ3v) is 3.44. The van der Waals surface area contributed by atoms with Crippen molar-refractivity contribution >= 4 is 15.9 Å². The van der Waals surface area contributed by atoms with Crippen LogP contribution < -0.4 is 0 Å². The van der Waals surface area contributed by atoms with Crippen molar-refractivity contribution in [1.29, 1.82) is 0 Å². The first kappa shape index (κ1) is 11.8. The van der Waals surface area contributed by atoms with Crippen LogP contribution in [0, 0.1) is 5.92 Å². The lowest BCUT2D eigenvalue weighted by atomic mass is 10.2. The van der Waals surface area contributed by atoms with Gasteiger partial charge in [0.2, 0.25) is 11.7 Å². The van der Waals surface area contributed by atoms with Gasteiger partial charge in [-0.25, -0.2) is 0 Å². The van der Waals surface area contributed by atoms with Crippen molar-refractivity contribution in [3.05, 3.63) is 28.7 Å². The second-order valence-electron chi connectivity index (χ2n) is 4.48. The third kappa shape index (κ3) is 2.59. The highest BCUT2D eigenvalue weighted by Crippen LogP contribution is 2.33. The summed E-state index contributed by atoms with van der Waals surface area (Å²) in [4.78, 5) is 8.44. The number of aromatic nitrogens is 3. The quantitative estimate of drug-likeness (QED) is 0.937. The standard InChI is InChI=1S/C12H12BrN3O2/c13-8-3-4-9(14-6-8)12-15-11(18-16-12)5-10(17)7-1-2-7/h3-4,6-7,10,17H,1-2,5H2. The van der Waals surface area contributed by atoms with E-state index in [9.17, 15) is 5.11 Å². The van der Waals surface area contributed by atoms with Gasteiger partial charge >= 0.3 is 0 Å². The molecule has 1 saturated carbocycles. The Hall–Kier alpha value is -1.27. The van der Waals surface area contributed by atoms with Crippen LogP contribution in [0.25, 0.3) is 11.5 Å². The number of hydrogen-bond acceptors (Lipinski definition) is 5. The summed E-state index contributed by atoms with van der Waals surface area (Å²) in [6.07, 6.45) is 3.93. The lowest BCUT2D eigenvalue weighted by Gasteiger charge is -2.03. The van der Waals surface area contributed by atoms with Gasteiger partial charge in [0.15, 0.2) is 0 Å². The summed E-state index contributed by atoms with van der Waals surface area (Å²) < 4.78 is 6.03. The van der Waals surface area contributed by atoms with E-state index in [4.69, 9.17) is 4.52 Å². The van der Waals surface area contributed by atoms with E-state index in [-0.39, 0.29) is 6.10 Å². The average Bonchev–Trinajstić information content (AvgIpc) is 3.12. The lowest BCUT2D eigenvalue weighted by molar-refractivity contribution is 0.140. The molecule has 2 aromatic rings. The molecule has 2 aromatic heterocycles. The van der Waals surface area contributed by atoms with Gasteiger partial charge in [-0.1, -0.05) is 5.16 Å². The first-order valence-electron chi connectivity index (χ1n) is 5.85. The van der Waals surface area contributed by atoms with Crippen LogP contribution in [0.1, 0.15) is 18.7 Å². The lowest BCUT2D eigenvalue weighted by Crippen LogP contribution is -2.12. The van der Waals surface area contributed by atoms with E-state index in [1.807, 2.05) is 12.1 Å². The Labute approximate surface area is 112 Å². The normalized spacial score (nSPS) is 16.8. The molecule has 5 nitrogen and oxygen atoms in total. The Balaban J connectivity index is 1.74. The molecule has 1 N–H and O–H groups in total. The van der Waals surface area contributed by atoms with Gasteiger partial charge in [0.05, 0.1) is 12.5 Å². The predicted octanol–water partition coefficient (Wildman–Crippen LogP) is 2.21. The van der Waals surface area contributed by atoms with Crippen molar-refractivity contribution in [3.63, 3.8) is 0 Å². The highest BCUT2D eigenvalue weighted by Gasteiger charge is 2.31. The van der Waals surface area contributed by atoms with Crippen LogP contribution in [-0.2, 0) is 6.42 Å². The van der Waals surface area contributed by atoms with E-state index in [2.05, 4.69) is 31.1 Å². The second-order valence-corrected chi connectivity index (χ2v) is 5.40. The molecule has 1 atom stereocenters. The van der Waals surface area contributed by atoms with Gasteiger partial charge < -0.3 is 9.63 Å². The Kier molecular flexibility index (Phi) is 3.13. The van der Waals surface area contributed by atoms with Crippen molar-refractivity contribution in [2.75, 3.05) is 0 Å². The van der Waals surface area contributed by atoms with Crippen molar-refractivity contribution < 1.29 is 9.63 Å². The molecule has 0 aliphatic heterocycles. The van der Waals surface area contributed by atoms with Gasteiger partial charge in [0.1, 0.15) is 5.69 Å². The maximum Gasteiger partial charge on any atom is 0.229 e. The van der Waals surface area contributed by atoms with Gasteiger partial charge in [0.25, 0.3) is 0 Å². The van der Waals surface area contributed by atoms with Gasteiger partial charge in [-0.3, -0.25) is 4.98 Å². The minimum absolute atomic E-state index is 0.365. The summed E-state index contributed by atoms with van der Waals surface area (Å²) in [7, 11) is 0. The summed E-state index contributed by atoms with van der Waals surface area (Å²) in [5.74, 6) is 1.33. The number of rotatable bonds is 4. The zero-order chi connectivity index (χ0) is 12.5. The number of aliphatic hydroxyl groups excluding tert-OH is 1. The highest BCUT2D eigenvalue weighted by atomic mass is 79.9. The van der Waals surface area contributed by atoms with E-state index >= 15 is 0 Å². The molecule has 0 bridgehead atoms. The molecule has 6 heteroatoms. The maximum absolute atomic E-state index is 9.81. The van der Waals surface area contributed by atoms with Gasteiger partial charge in [0, 0.05) is 10.7 Å². The smallest absolute Gasteiger partial charge is 0.229 e. The number of halogens is 1. The van der Waals surface area contributed by atoms with E-state index < -0.39 is 0 Å². The zero-order valence-electron chi connectivity index (χ0n) is 9.58. The van der Waals surface area contributed by atoms with Crippen molar-refractivity contribution in [1.82, 2.24) is 15.1 Å². The third-order valence-electron chi connectivity index (χ3n) is 2.97. The largest absolute Gasteiger partial charge is 0.392 e. The van der Waals surface area contributed by atoms with Crippen LogP contribution in [0.5, 0.6) is 0 Å². The Morgan fingerprint density at radius 3 is 2.94 bits per heavy atom. The van der Waals surface area contributed by atoms with Crippen LogP contribution in [0.2, 0.25) is 0 Å². The molecule has 0 radical (unpaired) electrons. The van der Waals surface area contributed by atoms with Crippen LogP contribution in [0.4, 0.5) is 0 Å². The number of hydrogen-bond donors (Lipinski definition) is 1. The van der Waals surface area contributed by atoms with E-state index in [1.54, 1.807) is 6.20 Å². The summed E-state index contributed by atoms with van der Waals surface area (Å²) in [6, 6.07) is 3.69. The topological polar surface area (TPSA) is 72.0 Å². The fraction of sp³-hybridized carbons (Fsp3) is 0.417. The molecule has 0 saturated heterocycles. The van der Waals surface area contributed by atoms with Gasteiger partial charge in [-0.05, 0) is 46.8 Å². The molecule has 0 spiro atoms. The van der Waals surface area contributed by atoms with Gasteiger partial charge in [-0.2, -0.15) is 4.98 Å². The number of aliphatic hydroxyl groups is 1. The zero-order valence-corrected chi connectivity index (χ0v) is 11.2. The molecule has 1 aliphatic rings. The highest BCUT2D eigenvalue weighted by molar-refractivity contribution is 9.10. The van der Waals surface area contributed by atoms with Crippen molar-refractivity contribution in [3.8, 4) is 11.5 Å². The van der Waals surface area contributed by atoms with Crippen molar-refractivity contribution in [2.24, 2.45) is 5.92 Å². The molecule has 1 fully saturated rings. The minimum atomic E-state index is -0.365. The van der Waals surface area contributed by atoms with E-state index in [0.717, 1.165) is 17.3 Å². The fourth-order valence-corrected chi connectivity index (χ4v) is 2.01. The van der Waals surface area contributed by atoms with E-state index in [1.165, 1.54) is 0 Å². The minimum Gasteiger partial charge on any atom is -0.392 e. The maximum atomic E-state index is 9.81. The summed E-state index contributed by atoms with van der Waals surface area (Å²) in [5.41, 5.74) is 0.661. The first-order valence-corrected chi connectivity index (χ1v) is 6.64. The number of nitrogens with zero attached hydrogens (tertiary/aromatic N) is 3. The monoisotopic (exact) mass is 309 g/mol. The molecular formula is C12H12BrN3O2. The number of pyridine rings is 1. The summed E-state index contributed by atoms with van der Waals surface area (Å²) >= 11 is 3.32. The van der Waals surface area contributed by atoms with Crippen LogP contribution >= 0.6 is 15.9 Å². The molecule has 2 heterocycles. The molecule has 1 unspecified atom stereocenters. The molecule has 0 aromatic carbocycles. The molecule has 94 valence electrons. The molecule has 1 aliphatic carbocycles. The second kappa shape index (κ2) is 4.78. The van der Waals surface area contributed by atoms with Crippen LogP contribution in [0.15, 0.2) is 27.3 Å². The SMILES string of the molecule is OC(Cc1nc(-c2ccc(Br)cn2)no1)C1CC1. The molecule has 18 heavy (non-hydrogen) atoms. The Morgan fingerprint density at radius 2 is 2.28 bits per heavy atom. The molecule has 3 rings (SSSR count). The molecular weight excluding hydrogens is 298 g/mol. The van der Waals surface area contributed by atoms with Crippen LogP contribution in [-0.4, -0.2) is 26.3 Å². The fourth-order valence-electron chi connectivity index (χ4n) is 1.78. The molecule has 0 amide bonds. The predicted molar refractivity (Wildman–Crippen MR) is 67.7 cm³/mol. The van der Waals surface area contributed by atoms with Crippen molar-refractivity contribution in [2.45, 2.75) is 25.4 Å². The van der Waals surface area contributed by atoms with E-state index in [0.29, 0.717) is 29.7 Å². The average molecular weight is 310 g/mol. The summed E-state index contributed by atoms with van der Waals surface area (Å²) in [6.45, 7) is 0. The summed E-state index contributed by atoms with van der Waals surface area (Å²) in [5, 5.41) is 13.7. The van der Waals surface area contributed by atoms with Gasteiger partial charge in [-0.15, -0.1) is 0 Å². The Morgan fingerprint density at radius 1 is 1.44 bits per heavy atom.